The topological polar surface area (TPSA) is 124 Å². The second kappa shape index (κ2) is 8.00. The third kappa shape index (κ3) is 4.73. The van der Waals surface area contributed by atoms with Crippen LogP contribution in [0, 0.1) is 5.41 Å². The van der Waals surface area contributed by atoms with E-state index in [1.54, 1.807) is 6.92 Å². The van der Waals surface area contributed by atoms with Crippen LogP contribution in [0.1, 0.15) is 42.3 Å². The number of nitrogens with zero attached hydrogens (tertiary/aromatic N) is 2. The Morgan fingerprint density at radius 3 is 2.58 bits per heavy atom. The maximum absolute atomic E-state index is 12.2. The van der Waals surface area contributed by atoms with Gasteiger partial charge in [0.15, 0.2) is 0 Å². The van der Waals surface area contributed by atoms with E-state index in [2.05, 4.69) is 25.8 Å². The first-order valence-electron chi connectivity index (χ1n) is 7.62. The lowest BCUT2D eigenvalue weighted by molar-refractivity contribution is -0.121. The Kier molecular flexibility index (Phi) is 5.78. The SMILES string of the molecule is CCC(NC(=O)c1nnc(Cc2ccccc2)[nH]1)C(=O)NC(C)=N. The zero-order valence-corrected chi connectivity index (χ0v) is 13.6. The molecule has 0 saturated carbocycles. The lowest BCUT2D eigenvalue weighted by atomic mass is 10.1. The predicted molar refractivity (Wildman–Crippen MR) is 88.7 cm³/mol. The molecule has 0 bridgehead atoms. The molecular weight excluding hydrogens is 308 g/mol. The summed E-state index contributed by atoms with van der Waals surface area (Å²) in [4.78, 5) is 26.9. The molecule has 126 valence electrons. The van der Waals surface area contributed by atoms with Gasteiger partial charge in [-0.05, 0) is 18.9 Å². The summed E-state index contributed by atoms with van der Waals surface area (Å²) in [6.45, 7) is 3.23. The molecule has 2 aromatic rings. The van der Waals surface area contributed by atoms with Crippen molar-refractivity contribution in [3.8, 4) is 0 Å². The molecule has 1 heterocycles. The van der Waals surface area contributed by atoms with Gasteiger partial charge >= 0.3 is 0 Å². The van der Waals surface area contributed by atoms with Crippen LogP contribution in [0.4, 0.5) is 0 Å². The molecule has 0 fully saturated rings. The molecule has 1 aromatic heterocycles. The molecule has 0 aliphatic heterocycles. The maximum atomic E-state index is 12.2. The molecule has 0 aliphatic rings. The number of nitrogens with one attached hydrogen (secondary N) is 4. The number of aromatic nitrogens is 3. The number of benzene rings is 1. The second-order valence-electron chi connectivity index (χ2n) is 5.33. The number of aromatic amines is 1. The van der Waals surface area contributed by atoms with E-state index in [1.165, 1.54) is 6.92 Å². The molecule has 1 unspecified atom stereocenters. The van der Waals surface area contributed by atoms with E-state index in [0.717, 1.165) is 5.56 Å². The van der Waals surface area contributed by atoms with Gasteiger partial charge in [-0.15, -0.1) is 10.2 Å². The van der Waals surface area contributed by atoms with Gasteiger partial charge in [0.25, 0.3) is 5.91 Å². The number of rotatable bonds is 6. The van der Waals surface area contributed by atoms with E-state index < -0.39 is 17.9 Å². The zero-order valence-electron chi connectivity index (χ0n) is 13.6. The third-order valence-corrected chi connectivity index (χ3v) is 3.30. The number of carbonyl (C=O) groups is 2. The smallest absolute Gasteiger partial charge is 0.289 e. The van der Waals surface area contributed by atoms with E-state index in [9.17, 15) is 9.59 Å². The number of hydrogen-bond acceptors (Lipinski definition) is 5. The normalized spacial score (nSPS) is 11.6. The van der Waals surface area contributed by atoms with E-state index in [4.69, 9.17) is 5.41 Å². The quantitative estimate of drug-likeness (QED) is 0.467. The van der Waals surface area contributed by atoms with Gasteiger partial charge < -0.3 is 15.6 Å². The van der Waals surface area contributed by atoms with Gasteiger partial charge in [-0.2, -0.15) is 0 Å². The molecule has 2 amide bonds. The summed E-state index contributed by atoms with van der Waals surface area (Å²) >= 11 is 0. The second-order valence-corrected chi connectivity index (χ2v) is 5.33. The van der Waals surface area contributed by atoms with Gasteiger partial charge in [0.1, 0.15) is 11.9 Å². The van der Waals surface area contributed by atoms with Crippen LogP contribution < -0.4 is 10.6 Å². The average Bonchev–Trinajstić information content (AvgIpc) is 3.01. The lowest BCUT2D eigenvalue weighted by Crippen LogP contribution is -2.47. The summed E-state index contributed by atoms with van der Waals surface area (Å²) < 4.78 is 0. The van der Waals surface area contributed by atoms with Gasteiger partial charge in [-0.3, -0.25) is 15.0 Å². The van der Waals surface area contributed by atoms with Crippen molar-refractivity contribution in [3.63, 3.8) is 0 Å². The Balaban J connectivity index is 1.99. The fourth-order valence-electron chi connectivity index (χ4n) is 2.12. The first kappa shape index (κ1) is 17.3. The van der Waals surface area contributed by atoms with Gasteiger partial charge in [-0.1, -0.05) is 37.3 Å². The van der Waals surface area contributed by atoms with Crippen LogP contribution in [-0.2, 0) is 11.2 Å². The molecule has 0 spiro atoms. The van der Waals surface area contributed by atoms with Crippen molar-refractivity contribution in [2.24, 2.45) is 0 Å². The lowest BCUT2D eigenvalue weighted by Gasteiger charge is -2.15. The third-order valence-electron chi connectivity index (χ3n) is 3.30. The molecule has 0 radical (unpaired) electrons. The molecule has 8 nitrogen and oxygen atoms in total. The number of carbonyl (C=O) groups excluding carboxylic acids is 2. The Morgan fingerprint density at radius 2 is 1.96 bits per heavy atom. The van der Waals surface area contributed by atoms with Crippen LogP contribution in [0.15, 0.2) is 30.3 Å². The fraction of sp³-hybridized carbons (Fsp3) is 0.312. The van der Waals surface area contributed by atoms with Crippen LogP contribution in [0.5, 0.6) is 0 Å². The molecule has 1 atom stereocenters. The predicted octanol–water partition coefficient (Wildman–Crippen LogP) is 1.02. The van der Waals surface area contributed by atoms with Crippen molar-refractivity contribution >= 4 is 17.6 Å². The van der Waals surface area contributed by atoms with Crippen molar-refractivity contribution in [3.05, 3.63) is 47.5 Å². The van der Waals surface area contributed by atoms with Crippen LogP contribution in [0.2, 0.25) is 0 Å². The van der Waals surface area contributed by atoms with Crippen molar-refractivity contribution in [1.82, 2.24) is 25.8 Å². The van der Waals surface area contributed by atoms with Crippen molar-refractivity contribution < 1.29 is 9.59 Å². The Bertz CT molecular complexity index is 725. The number of hydrogen-bond donors (Lipinski definition) is 4. The number of amidine groups is 1. The first-order chi connectivity index (χ1) is 11.5. The average molecular weight is 328 g/mol. The maximum Gasteiger partial charge on any atom is 0.289 e. The summed E-state index contributed by atoms with van der Waals surface area (Å²) in [6.07, 6.45) is 0.932. The minimum atomic E-state index is -0.736. The summed E-state index contributed by atoms with van der Waals surface area (Å²) in [5, 5.41) is 20.0. The highest BCUT2D eigenvalue weighted by Crippen LogP contribution is 2.05. The van der Waals surface area contributed by atoms with Gasteiger partial charge in [0, 0.05) is 6.42 Å². The van der Waals surface area contributed by atoms with Crippen LogP contribution >= 0.6 is 0 Å². The number of H-pyrrole nitrogens is 1. The molecule has 2 rings (SSSR count). The summed E-state index contributed by atoms with van der Waals surface area (Å²) in [7, 11) is 0. The molecule has 0 aliphatic carbocycles. The Labute approximate surface area is 139 Å². The molecule has 4 N–H and O–H groups in total. The minimum Gasteiger partial charge on any atom is -0.338 e. The monoisotopic (exact) mass is 328 g/mol. The molecule has 0 saturated heterocycles. The Hall–Kier alpha value is -3.03. The summed E-state index contributed by atoms with van der Waals surface area (Å²) in [5.74, 6) is -0.288. The summed E-state index contributed by atoms with van der Waals surface area (Å²) in [6, 6.07) is 8.96. The molecule has 1 aromatic carbocycles. The largest absolute Gasteiger partial charge is 0.338 e. The highest BCUT2D eigenvalue weighted by Gasteiger charge is 2.21. The standard InChI is InChI=1S/C16H20N6O2/c1-3-12(15(23)18-10(2)17)19-16(24)14-20-13(21-22-14)9-11-7-5-4-6-8-11/h4-8,12H,3,9H2,1-2H3,(H,19,24)(H2,17,18,23)(H,20,21,22). The van der Waals surface area contributed by atoms with Gasteiger partial charge in [0.05, 0.1) is 5.84 Å². The van der Waals surface area contributed by atoms with E-state index in [0.29, 0.717) is 18.7 Å². The molecule has 24 heavy (non-hydrogen) atoms. The van der Waals surface area contributed by atoms with Gasteiger partial charge in [-0.25, -0.2) is 0 Å². The van der Waals surface area contributed by atoms with Crippen molar-refractivity contribution in [2.75, 3.05) is 0 Å². The minimum absolute atomic E-state index is 0.0255. The van der Waals surface area contributed by atoms with Crippen molar-refractivity contribution in [2.45, 2.75) is 32.7 Å². The Morgan fingerprint density at radius 1 is 1.25 bits per heavy atom. The van der Waals surface area contributed by atoms with Crippen LogP contribution in [0.25, 0.3) is 0 Å². The molecule has 8 heteroatoms. The fourth-order valence-corrected chi connectivity index (χ4v) is 2.12. The molecular formula is C16H20N6O2. The summed E-state index contributed by atoms with van der Waals surface area (Å²) in [5.41, 5.74) is 1.05. The number of amides is 2. The highest BCUT2D eigenvalue weighted by molar-refractivity contribution is 6.00. The van der Waals surface area contributed by atoms with E-state index in [1.807, 2.05) is 30.3 Å². The van der Waals surface area contributed by atoms with Gasteiger partial charge in [0.2, 0.25) is 11.7 Å². The van der Waals surface area contributed by atoms with E-state index in [-0.39, 0.29) is 11.7 Å². The first-order valence-corrected chi connectivity index (χ1v) is 7.62. The zero-order chi connectivity index (χ0) is 17.5. The van der Waals surface area contributed by atoms with Crippen LogP contribution in [-0.4, -0.2) is 38.9 Å². The van der Waals surface area contributed by atoms with Crippen LogP contribution in [0.3, 0.4) is 0 Å². The van der Waals surface area contributed by atoms with Crippen molar-refractivity contribution in [1.29, 1.82) is 5.41 Å². The highest BCUT2D eigenvalue weighted by atomic mass is 16.2. The van der Waals surface area contributed by atoms with E-state index >= 15 is 0 Å².